The second-order valence-corrected chi connectivity index (χ2v) is 10.7. The Labute approximate surface area is 263 Å². The maximum absolute atomic E-state index is 14.4. The normalized spacial score (nSPS) is 17.3. The lowest BCUT2D eigenvalue weighted by molar-refractivity contribution is -0.166. The highest BCUT2D eigenvalue weighted by Crippen LogP contribution is 2.40. The maximum Gasteiger partial charge on any atom is 0.347 e. The van der Waals surface area contributed by atoms with E-state index in [1.807, 2.05) is 0 Å². The van der Waals surface area contributed by atoms with Crippen molar-refractivity contribution < 1.29 is 39.0 Å². The first-order valence-corrected chi connectivity index (χ1v) is 14.0. The molecule has 1 saturated heterocycles. The first kappa shape index (κ1) is 32.9. The van der Waals surface area contributed by atoms with Crippen molar-refractivity contribution in [3.63, 3.8) is 0 Å². The summed E-state index contributed by atoms with van der Waals surface area (Å²) in [6.45, 7) is 2.27. The predicted octanol–water partition coefficient (Wildman–Crippen LogP) is 2.20. The highest BCUT2D eigenvalue weighted by molar-refractivity contribution is 6.09. The molecule has 0 bridgehead atoms. The zero-order chi connectivity index (χ0) is 33.8. The molecule has 238 valence electrons. The second-order valence-electron chi connectivity index (χ2n) is 10.7. The molecule has 0 spiro atoms. The van der Waals surface area contributed by atoms with Crippen LogP contribution >= 0.6 is 0 Å². The summed E-state index contributed by atoms with van der Waals surface area (Å²) in [7, 11) is 0. The Kier molecular flexibility index (Phi) is 9.50. The number of imide groups is 1. The number of nitrogen functional groups attached to an aromatic ring is 1. The number of amides is 5. The number of benzene rings is 3. The van der Waals surface area contributed by atoms with E-state index in [-0.39, 0.29) is 23.5 Å². The van der Waals surface area contributed by atoms with Crippen LogP contribution in [0.25, 0.3) is 0 Å². The third-order valence-corrected chi connectivity index (χ3v) is 7.67. The number of nitrogens with one attached hydrogen (secondary N) is 2. The Morgan fingerprint density at radius 1 is 0.935 bits per heavy atom. The summed E-state index contributed by atoms with van der Waals surface area (Å²) in [4.78, 5) is 80.8. The molecule has 0 saturated carbocycles. The molecule has 14 nitrogen and oxygen atoms in total. The van der Waals surface area contributed by atoms with Crippen LogP contribution in [0.15, 0.2) is 84.9 Å². The minimum absolute atomic E-state index is 0.122. The first-order chi connectivity index (χ1) is 21.8. The van der Waals surface area contributed by atoms with Gasteiger partial charge in [-0.3, -0.25) is 29.5 Å². The average molecular weight is 629 g/mol. The fourth-order valence-corrected chi connectivity index (χ4v) is 5.28. The van der Waals surface area contributed by atoms with Gasteiger partial charge in [-0.05, 0) is 23.6 Å². The summed E-state index contributed by atoms with van der Waals surface area (Å²) >= 11 is 0. The van der Waals surface area contributed by atoms with Crippen LogP contribution in [0.4, 0.5) is 4.79 Å². The minimum atomic E-state index is -2.01. The molecule has 6 N–H and O–H groups in total. The molecule has 46 heavy (non-hydrogen) atoms. The number of urea groups is 1. The van der Waals surface area contributed by atoms with Crippen molar-refractivity contribution >= 4 is 41.5 Å². The van der Waals surface area contributed by atoms with Gasteiger partial charge in [0, 0.05) is 19.0 Å². The van der Waals surface area contributed by atoms with Crippen LogP contribution in [0.2, 0.25) is 0 Å². The molecule has 0 unspecified atom stereocenters. The fourth-order valence-electron chi connectivity index (χ4n) is 5.28. The number of aliphatic carboxylic acids is 2. The van der Waals surface area contributed by atoms with Gasteiger partial charge in [-0.1, -0.05) is 84.9 Å². The molecule has 1 aliphatic rings. The Balaban J connectivity index is 1.81. The van der Waals surface area contributed by atoms with Crippen molar-refractivity contribution in [3.8, 4) is 0 Å². The van der Waals surface area contributed by atoms with Crippen LogP contribution in [0, 0.1) is 5.41 Å². The standard InChI is InChI=1S/C32H32N6O8/c1-19(39)37(24(17-25(40)41)28(42)35-26(29(43)44)21-11-7-4-8-12-21)38-30(45)32(2,23-15-13-22(14-16-23)27(33)34)36(31(38)46)18-20-9-5-3-6-10-20/h3-16,24,26H,17-18H2,1-2H3,(H3,33,34)(H,35,42)(H,40,41)(H,43,44)/t24-,26-,32-/m0/s1. The van der Waals surface area contributed by atoms with E-state index in [1.165, 1.54) is 48.2 Å². The van der Waals surface area contributed by atoms with Crippen LogP contribution in [-0.4, -0.2) is 72.7 Å². The Morgan fingerprint density at radius 3 is 2.00 bits per heavy atom. The molecule has 3 atom stereocenters. The number of hydrogen-bond acceptors (Lipinski definition) is 7. The highest BCUT2D eigenvalue weighted by atomic mass is 16.4. The van der Waals surface area contributed by atoms with Crippen LogP contribution in [0.3, 0.4) is 0 Å². The Morgan fingerprint density at radius 2 is 1.50 bits per heavy atom. The van der Waals surface area contributed by atoms with E-state index in [1.54, 1.807) is 48.5 Å². The number of carboxylic acids is 2. The molecule has 1 fully saturated rings. The first-order valence-electron chi connectivity index (χ1n) is 14.0. The third kappa shape index (κ3) is 6.40. The number of rotatable bonds is 12. The van der Waals surface area contributed by atoms with Gasteiger partial charge >= 0.3 is 18.0 Å². The Hall–Kier alpha value is -6.05. The van der Waals surface area contributed by atoms with Gasteiger partial charge in [0.25, 0.3) is 5.91 Å². The highest BCUT2D eigenvalue weighted by Gasteiger charge is 2.59. The van der Waals surface area contributed by atoms with E-state index < -0.39 is 59.7 Å². The average Bonchev–Trinajstić information content (AvgIpc) is 3.20. The van der Waals surface area contributed by atoms with Gasteiger partial charge in [0.05, 0.1) is 6.42 Å². The molecule has 0 aromatic heterocycles. The summed E-state index contributed by atoms with van der Waals surface area (Å²) < 4.78 is 0. The van der Waals surface area contributed by atoms with E-state index in [4.69, 9.17) is 11.1 Å². The number of nitrogens with zero attached hydrogens (tertiary/aromatic N) is 3. The molecule has 5 amide bonds. The zero-order valence-corrected chi connectivity index (χ0v) is 24.9. The van der Waals surface area contributed by atoms with Gasteiger partial charge in [-0.25, -0.2) is 14.6 Å². The van der Waals surface area contributed by atoms with Crippen molar-refractivity contribution in [2.24, 2.45) is 5.73 Å². The number of hydrazine groups is 1. The van der Waals surface area contributed by atoms with Crippen molar-refractivity contribution in [3.05, 3.63) is 107 Å². The molecule has 1 aliphatic heterocycles. The van der Waals surface area contributed by atoms with Crippen molar-refractivity contribution in [1.82, 2.24) is 20.2 Å². The van der Waals surface area contributed by atoms with Crippen LogP contribution < -0.4 is 11.1 Å². The summed E-state index contributed by atoms with van der Waals surface area (Å²) in [5.41, 5.74) is 5.23. The lowest BCUT2D eigenvalue weighted by atomic mass is 9.89. The summed E-state index contributed by atoms with van der Waals surface area (Å²) in [5.74, 6) is -6.46. The number of carboxylic acid groups (broad SMARTS) is 2. The third-order valence-electron chi connectivity index (χ3n) is 7.67. The van der Waals surface area contributed by atoms with E-state index in [0.29, 0.717) is 21.1 Å². The van der Waals surface area contributed by atoms with Gasteiger partial charge in [0.15, 0.2) is 6.04 Å². The lowest BCUT2D eigenvalue weighted by Crippen LogP contribution is -2.60. The Bertz CT molecular complexity index is 1680. The van der Waals surface area contributed by atoms with Gasteiger partial charge in [-0.15, -0.1) is 0 Å². The lowest BCUT2D eigenvalue weighted by Gasteiger charge is -2.35. The topological polar surface area (TPSA) is 214 Å². The fraction of sp³-hybridized carbons (Fsp3) is 0.219. The van der Waals surface area contributed by atoms with Gasteiger partial charge in [0.2, 0.25) is 11.8 Å². The van der Waals surface area contributed by atoms with Gasteiger partial charge < -0.3 is 21.3 Å². The van der Waals surface area contributed by atoms with E-state index in [2.05, 4.69) is 5.32 Å². The smallest absolute Gasteiger partial charge is 0.347 e. The summed E-state index contributed by atoms with van der Waals surface area (Å²) in [6.07, 6.45) is -1.06. The second kappa shape index (κ2) is 13.3. The molecule has 3 aromatic rings. The van der Waals surface area contributed by atoms with Crippen LogP contribution in [0.1, 0.15) is 48.6 Å². The maximum atomic E-state index is 14.4. The quantitative estimate of drug-likeness (QED) is 0.113. The van der Waals surface area contributed by atoms with Crippen molar-refractivity contribution in [1.29, 1.82) is 5.41 Å². The zero-order valence-electron chi connectivity index (χ0n) is 24.9. The molecule has 3 aromatic carbocycles. The summed E-state index contributed by atoms with van der Waals surface area (Å²) in [5, 5.41) is 30.4. The number of carbonyl (C=O) groups is 6. The molecular formula is C32H32N6O8. The molecular weight excluding hydrogens is 596 g/mol. The van der Waals surface area contributed by atoms with Gasteiger partial charge in [-0.2, -0.15) is 5.01 Å². The molecule has 4 rings (SSSR count). The van der Waals surface area contributed by atoms with Crippen molar-refractivity contribution in [2.45, 2.75) is 44.4 Å². The molecule has 0 aliphatic carbocycles. The van der Waals surface area contributed by atoms with Gasteiger partial charge in [0.1, 0.15) is 17.4 Å². The number of amidine groups is 1. The van der Waals surface area contributed by atoms with Crippen LogP contribution in [-0.2, 0) is 36.1 Å². The van der Waals surface area contributed by atoms with E-state index >= 15 is 0 Å². The molecule has 0 radical (unpaired) electrons. The monoisotopic (exact) mass is 628 g/mol. The van der Waals surface area contributed by atoms with E-state index in [0.717, 1.165) is 6.92 Å². The molecule has 14 heteroatoms. The largest absolute Gasteiger partial charge is 0.481 e. The SMILES string of the molecule is CC(=O)N([C@@H](CC(=O)O)C(=O)N[C@H](C(=O)O)c1ccccc1)N1C(=O)N(Cc2ccccc2)[C@@](C)(c2ccc(C(=N)N)cc2)C1=O. The number of nitrogens with two attached hydrogens (primary N) is 1. The predicted molar refractivity (Wildman–Crippen MR) is 163 cm³/mol. The molecule has 1 heterocycles. The number of hydrogen-bond donors (Lipinski definition) is 5. The minimum Gasteiger partial charge on any atom is -0.481 e. The van der Waals surface area contributed by atoms with Crippen molar-refractivity contribution in [2.75, 3.05) is 0 Å². The van der Waals surface area contributed by atoms with Crippen LogP contribution in [0.5, 0.6) is 0 Å². The number of carbonyl (C=O) groups excluding carboxylic acids is 4. The van der Waals surface area contributed by atoms with E-state index in [9.17, 15) is 39.0 Å². The summed E-state index contributed by atoms with van der Waals surface area (Å²) in [6, 6.07) is 17.6.